The van der Waals surface area contributed by atoms with Gasteiger partial charge in [-0.25, -0.2) is 16.8 Å². The van der Waals surface area contributed by atoms with Crippen LogP contribution >= 0.6 is 0 Å². The Bertz CT molecular complexity index is 1130. The maximum absolute atomic E-state index is 13.0. The van der Waals surface area contributed by atoms with E-state index in [0.29, 0.717) is 24.9 Å². The van der Waals surface area contributed by atoms with Crippen LogP contribution in [0.2, 0.25) is 0 Å². The van der Waals surface area contributed by atoms with Crippen LogP contribution in [0, 0.1) is 0 Å². The zero-order chi connectivity index (χ0) is 21.2. The van der Waals surface area contributed by atoms with Gasteiger partial charge in [-0.2, -0.15) is 0 Å². The predicted octanol–water partition coefficient (Wildman–Crippen LogP) is 2.63. The minimum atomic E-state index is -4.07. The predicted molar refractivity (Wildman–Crippen MR) is 111 cm³/mol. The number of sulfonamides is 2. The van der Waals surface area contributed by atoms with Gasteiger partial charge in [0.05, 0.1) is 18.6 Å². The summed E-state index contributed by atoms with van der Waals surface area (Å²) < 4.78 is 59.6. The molecule has 3 rings (SSSR count). The Morgan fingerprint density at radius 2 is 1.79 bits per heavy atom. The number of hydrogen-bond donors (Lipinski definition) is 1. The number of nitrogens with zero attached hydrogens (tertiary/aromatic N) is 1. The molecule has 0 radical (unpaired) electrons. The standard InChI is InChI=1S/C19H22N2O6S2/c1-14(22)15-5-7-16(8-6-15)20-29(25,26)19-13-17(9-10-18(19)27-2)21-11-3-4-12-28(21,23)24/h5-10,13,20H,3-4,11-12H2,1-2H3. The van der Waals surface area contributed by atoms with Crippen molar-refractivity contribution in [3.05, 3.63) is 48.0 Å². The summed E-state index contributed by atoms with van der Waals surface area (Å²) in [4.78, 5) is 11.2. The van der Waals surface area contributed by atoms with Crippen LogP contribution in [-0.4, -0.2) is 42.0 Å². The summed E-state index contributed by atoms with van der Waals surface area (Å²) in [5, 5.41) is 0. The van der Waals surface area contributed by atoms with Crippen LogP contribution in [0.15, 0.2) is 47.4 Å². The second kappa shape index (κ2) is 8.03. The van der Waals surface area contributed by atoms with Crippen molar-refractivity contribution in [2.45, 2.75) is 24.7 Å². The number of benzene rings is 2. The summed E-state index contributed by atoms with van der Waals surface area (Å²) in [6, 6.07) is 10.3. The van der Waals surface area contributed by atoms with Crippen molar-refractivity contribution in [3.63, 3.8) is 0 Å². The Morgan fingerprint density at radius 1 is 1.10 bits per heavy atom. The van der Waals surface area contributed by atoms with E-state index in [4.69, 9.17) is 4.74 Å². The van der Waals surface area contributed by atoms with E-state index in [2.05, 4.69) is 4.72 Å². The first-order valence-electron chi connectivity index (χ1n) is 8.96. The van der Waals surface area contributed by atoms with Crippen LogP contribution in [0.25, 0.3) is 0 Å². The molecule has 1 N–H and O–H groups in total. The summed E-state index contributed by atoms with van der Waals surface area (Å²) in [7, 11) is -6.21. The van der Waals surface area contributed by atoms with Crippen LogP contribution in [0.1, 0.15) is 30.1 Å². The van der Waals surface area contributed by atoms with E-state index in [9.17, 15) is 21.6 Å². The number of ketones is 1. The lowest BCUT2D eigenvalue weighted by Gasteiger charge is -2.28. The average Bonchev–Trinajstić information content (AvgIpc) is 2.67. The molecule has 1 aliphatic rings. The molecule has 1 aliphatic heterocycles. The molecule has 0 amide bonds. The molecular weight excluding hydrogens is 416 g/mol. The molecule has 1 saturated heterocycles. The number of carbonyl (C=O) groups is 1. The monoisotopic (exact) mass is 438 g/mol. The lowest BCUT2D eigenvalue weighted by Crippen LogP contribution is -2.37. The van der Waals surface area contributed by atoms with E-state index in [1.54, 1.807) is 0 Å². The molecule has 156 valence electrons. The molecule has 1 fully saturated rings. The maximum Gasteiger partial charge on any atom is 0.265 e. The van der Waals surface area contributed by atoms with Gasteiger partial charge in [-0.3, -0.25) is 13.8 Å². The van der Waals surface area contributed by atoms with E-state index < -0.39 is 20.0 Å². The quantitative estimate of drug-likeness (QED) is 0.695. The fraction of sp³-hybridized carbons (Fsp3) is 0.316. The number of Topliss-reactive ketones (excluding diaryl/α,β-unsaturated/α-hetero) is 1. The highest BCUT2D eigenvalue weighted by atomic mass is 32.2. The van der Waals surface area contributed by atoms with Crippen molar-refractivity contribution in [3.8, 4) is 5.75 Å². The van der Waals surface area contributed by atoms with Crippen LogP contribution in [0.4, 0.5) is 11.4 Å². The fourth-order valence-electron chi connectivity index (χ4n) is 3.09. The van der Waals surface area contributed by atoms with Crippen LogP contribution < -0.4 is 13.8 Å². The van der Waals surface area contributed by atoms with Gasteiger partial charge in [0.15, 0.2) is 5.78 Å². The minimum Gasteiger partial charge on any atom is -0.495 e. The molecule has 29 heavy (non-hydrogen) atoms. The molecule has 10 heteroatoms. The number of carbonyl (C=O) groups excluding carboxylic acids is 1. The van der Waals surface area contributed by atoms with Gasteiger partial charge >= 0.3 is 0 Å². The molecule has 2 aromatic carbocycles. The Labute approximate surface area is 170 Å². The highest BCUT2D eigenvalue weighted by molar-refractivity contribution is 7.93. The van der Waals surface area contributed by atoms with Gasteiger partial charge in [-0.15, -0.1) is 0 Å². The molecule has 8 nitrogen and oxygen atoms in total. The molecule has 0 saturated carbocycles. The Kier molecular flexibility index (Phi) is 5.85. The number of methoxy groups -OCH3 is 1. The molecule has 0 bridgehead atoms. The molecule has 0 atom stereocenters. The molecule has 2 aromatic rings. The molecule has 0 aromatic heterocycles. The zero-order valence-corrected chi connectivity index (χ0v) is 17.7. The average molecular weight is 439 g/mol. The van der Waals surface area contributed by atoms with E-state index in [-0.39, 0.29) is 33.6 Å². The first kappa shape index (κ1) is 21.1. The lowest BCUT2D eigenvalue weighted by atomic mass is 10.1. The van der Waals surface area contributed by atoms with Gasteiger partial charge in [-0.1, -0.05) is 0 Å². The molecule has 0 spiro atoms. The van der Waals surface area contributed by atoms with Crippen molar-refractivity contribution in [2.75, 3.05) is 28.4 Å². The Balaban J connectivity index is 1.98. The smallest absolute Gasteiger partial charge is 0.265 e. The summed E-state index contributed by atoms with van der Waals surface area (Å²) in [6.45, 7) is 1.72. The van der Waals surface area contributed by atoms with E-state index in [1.807, 2.05) is 0 Å². The van der Waals surface area contributed by atoms with Gasteiger partial charge < -0.3 is 4.74 Å². The third-order valence-electron chi connectivity index (χ3n) is 4.62. The maximum atomic E-state index is 13.0. The topological polar surface area (TPSA) is 110 Å². The zero-order valence-electron chi connectivity index (χ0n) is 16.1. The van der Waals surface area contributed by atoms with Crippen molar-refractivity contribution < 1.29 is 26.4 Å². The van der Waals surface area contributed by atoms with E-state index >= 15 is 0 Å². The van der Waals surface area contributed by atoms with E-state index in [0.717, 1.165) is 0 Å². The highest BCUT2D eigenvalue weighted by Crippen LogP contribution is 2.32. The third kappa shape index (κ3) is 4.54. The first-order valence-corrected chi connectivity index (χ1v) is 12.1. The summed E-state index contributed by atoms with van der Waals surface area (Å²) in [5.74, 6) is -0.00507. The SMILES string of the molecule is COc1ccc(N2CCCCS2(=O)=O)cc1S(=O)(=O)Nc1ccc(C(C)=O)cc1. The number of anilines is 2. The molecule has 0 unspecified atom stereocenters. The third-order valence-corrected chi connectivity index (χ3v) is 7.89. The Morgan fingerprint density at radius 3 is 2.38 bits per heavy atom. The number of rotatable bonds is 6. The second-order valence-corrected chi connectivity index (χ2v) is 10.3. The lowest BCUT2D eigenvalue weighted by molar-refractivity contribution is 0.101. The summed E-state index contributed by atoms with van der Waals surface area (Å²) in [5.41, 5.74) is 1.01. The van der Waals surface area contributed by atoms with Crippen LogP contribution in [-0.2, 0) is 20.0 Å². The first-order chi connectivity index (χ1) is 13.6. The van der Waals surface area contributed by atoms with Crippen LogP contribution in [0.5, 0.6) is 5.75 Å². The molecule has 1 heterocycles. The van der Waals surface area contributed by atoms with Gasteiger partial charge in [-0.05, 0) is 62.2 Å². The number of hydrogen-bond acceptors (Lipinski definition) is 6. The van der Waals surface area contributed by atoms with Gasteiger partial charge in [0, 0.05) is 17.8 Å². The van der Waals surface area contributed by atoms with Crippen molar-refractivity contribution >= 4 is 37.2 Å². The minimum absolute atomic E-state index is 0.0296. The van der Waals surface area contributed by atoms with Gasteiger partial charge in [0.1, 0.15) is 10.6 Å². The van der Waals surface area contributed by atoms with Crippen molar-refractivity contribution in [2.24, 2.45) is 0 Å². The second-order valence-electron chi connectivity index (χ2n) is 6.67. The Hall–Kier alpha value is -2.59. The van der Waals surface area contributed by atoms with E-state index in [1.165, 1.54) is 60.8 Å². The normalized spacial score (nSPS) is 16.3. The van der Waals surface area contributed by atoms with Gasteiger partial charge in [0.25, 0.3) is 10.0 Å². The largest absolute Gasteiger partial charge is 0.495 e. The number of nitrogens with one attached hydrogen (secondary N) is 1. The molecular formula is C19H22N2O6S2. The van der Waals surface area contributed by atoms with Crippen molar-refractivity contribution in [1.82, 2.24) is 0 Å². The summed E-state index contributed by atoms with van der Waals surface area (Å²) >= 11 is 0. The number of ether oxygens (including phenoxy) is 1. The van der Waals surface area contributed by atoms with Gasteiger partial charge in [0.2, 0.25) is 10.0 Å². The fourth-order valence-corrected chi connectivity index (χ4v) is 5.97. The van der Waals surface area contributed by atoms with Crippen molar-refractivity contribution in [1.29, 1.82) is 0 Å². The van der Waals surface area contributed by atoms with Crippen LogP contribution in [0.3, 0.4) is 0 Å². The highest BCUT2D eigenvalue weighted by Gasteiger charge is 2.28. The molecule has 0 aliphatic carbocycles. The summed E-state index contributed by atoms with van der Waals surface area (Å²) in [6.07, 6.45) is 1.28.